The largest absolute Gasteiger partial charge is 0.147 e. The molecule has 0 N–H and O–H groups in total. The van der Waals surface area contributed by atoms with E-state index in [0.29, 0.717) is 0 Å². The predicted molar refractivity (Wildman–Crippen MR) is 29.0 cm³/mol. The zero-order valence-corrected chi connectivity index (χ0v) is 8.80. The Morgan fingerprint density at radius 1 is 0.500 bits per heavy atom. The van der Waals surface area contributed by atoms with Gasteiger partial charge in [0.2, 0.25) is 0 Å². The van der Waals surface area contributed by atoms with Crippen LogP contribution < -0.4 is 0 Å². The predicted octanol–water partition coefficient (Wildman–Crippen LogP) is 1.68. The van der Waals surface area contributed by atoms with Crippen molar-refractivity contribution in [3.63, 3.8) is 0 Å². The van der Waals surface area contributed by atoms with E-state index in [1.807, 2.05) is 0 Å². The Kier molecular flexibility index (Phi) is 668. The fraction of sp³-hybridized carbons (Fsp3) is 0. The molecule has 0 bridgehead atoms. The molecule has 0 saturated heterocycles. The Bertz CT molecular complexity index is 7.51. The molecule has 0 aliphatic carbocycles. The van der Waals surface area contributed by atoms with E-state index in [0.717, 1.165) is 0 Å². The van der Waals surface area contributed by atoms with Crippen LogP contribution in [-0.4, -0.2) is 0 Å². The molecular weight excluding hydrogens is 241 g/mol. The second-order valence-electron chi connectivity index (χ2n) is 0. The van der Waals surface area contributed by atoms with Crippen LogP contribution in [0.3, 0.4) is 0 Å². The van der Waals surface area contributed by atoms with Crippen molar-refractivity contribution in [1.29, 1.82) is 0 Å². The van der Waals surface area contributed by atoms with Gasteiger partial charge >= 0.3 is 0 Å². The van der Waals surface area contributed by atoms with Gasteiger partial charge in [0.1, 0.15) is 0 Å². The van der Waals surface area contributed by atoms with Crippen molar-refractivity contribution in [2.75, 3.05) is 0 Å². The second-order valence-corrected chi connectivity index (χ2v) is 0. The van der Waals surface area contributed by atoms with Crippen molar-refractivity contribution >= 4 is 49.6 Å². The Morgan fingerprint density at radius 3 is 0.500 bits per heavy atom. The van der Waals surface area contributed by atoms with E-state index >= 15 is 0 Å². The van der Waals surface area contributed by atoms with E-state index in [1.54, 1.807) is 0 Å². The first-order valence-corrected chi connectivity index (χ1v) is 0. The summed E-state index contributed by atoms with van der Waals surface area (Å²) in [6.45, 7) is 0. The summed E-state index contributed by atoms with van der Waals surface area (Å²) in [4.78, 5) is 0. The van der Waals surface area contributed by atoms with Gasteiger partial charge in [-0.2, -0.15) is 0 Å². The van der Waals surface area contributed by atoms with Gasteiger partial charge in [0, 0.05) is 40.3 Å². The van der Waals surface area contributed by atoms with Crippen molar-refractivity contribution in [3.8, 4) is 0 Å². The average molecular weight is 245 g/mol. The summed E-state index contributed by atoms with van der Waals surface area (Å²) in [5.41, 5.74) is 0. The molecule has 0 aromatic heterocycles. The van der Waals surface area contributed by atoms with E-state index in [-0.39, 0.29) is 89.9 Å². The molecule has 0 saturated carbocycles. The standard InChI is InChI=1S/4ClH.Ti.V/h4*1H;;. The van der Waals surface area contributed by atoms with Crippen molar-refractivity contribution in [3.05, 3.63) is 0 Å². The quantitative estimate of drug-likeness (QED) is 0.569. The van der Waals surface area contributed by atoms with Crippen molar-refractivity contribution in [1.82, 2.24) is 0 Å². The number of rotatable bonds is 0. The van der Waals surface area contributed by atoms with Gasteiger partial charge in [-0.3, -0.25) is 0 Å². The van der Waals surface area contributed by atoms with Crippen molar-refractivity contribution in [2.24, 2.45) is 0 Å². The Balaban J connectivity index is 0. The summed E-state index contributed by atoms with van der Waals surface area (Å²) < 4.78 is 0. The van der Waals surface area contributed by atoms with Crippen molar-refractivity contribution in [2.45, 2.75) is 0 Å². The number of hydrogen-bond acceptors (Lipinski definition) is 0. The molecule has 0 fully saturated rings. The van der Waals surface area contributed by atoms with Gasteiger partial charge in [-0.05, 0) is 0 Å². The molecule has 6 heteroatoms. The fourth-order valence-electron chi connectivity index (χ4n) is 0. The van der Waals surface area contributed by atoms with E-state index in [1.165, 1.54) is 0 Å². The topological polar surface area (TPSA) is 0 Å². The van der Waals surface area contributed by atoms with Gasteiger partial charge < -0.3 is 0 Å². The Hall–Kier alpha value is 2.46. The molecule has 6 heavy (non-hydrogen) atoms. The maximum absolute atomic E-state index is 0. The first kappa shape index (κ1) is 77.8. The molecule has 0 nitrogen and oxygen atoms in total. The zero-order chi connectivity index (χ0) is 0. The molecule has 0 rings (SSSR count). The summed E-state index contributed by atoms with van der Waals surface area (Å²) in [5.74, 6) is 0. The molecule has 0 aromatic carbocycles. The SMILES string of the molecule is Cl.Cl.Cl.Cl.[Ti].[V]. The van der Waals surface area contributed by atoms with E-state index in [4.69, 9.17) is 0 Å². The van der Waals surface area contributed by atoms with Crippen LogP contribution in [0, 0.1) is 0 Å². The molecule has 0 unspecified atom stereocenters. The Morgan fingerprint density at radius 2 is 0.500 bits per heavy atom. The van der Waals surface area contributed by atoms with Crippen LogP contribution in [0.4, 0.5) is 0 Å². The van der Waals surface area contributed by atoms with Gasteiger partial charge in [-0.1, -0.05) is 0 Å². The summed E-state index contributed by atoms with van der Waals surface area (Å²) >= 11 is 0. The molecule has 0 aliphatic rings. The zero-order valence-electron chi connectivity index (χ0n) is 2.58. The first-order chi connectivity index (χ1) is 0. The van der Waals surface area contributed by atoms with Crippen LogP contribution in [0.2, 0.25) is 0 Å². The molecule has 0 aliphatic heterocycles. The fourth-order valence-corrected chi connectivity index (χ4v) is 0. The molecular formula is H4Cl4TiV. The normalized spacial score (nSPS) is 0. The van der Waals surface area contributed by atoms with Crippen LogP contribution in [0.25, 0.3) is 0 Å². The smallest absolute Gasteiger partial charge is 0 e. The maximum Gasteiger partial charge on any atom is 0 e. The molecule has 0 spiro atoms. The van der Waals surface area contributed by atoms with Gasteiger partial charge in [0.25, 0.3) is 0 Å². The van der Waals surface area contributed by atoms with E-state index in [2.05, 4.69) is 0 Å². The van der Waals surface area contributed by atoms with Crippen LogP contribution in [-0.2, 0) is 40.3 Å². The molecule has 0 heterocycles. The van der Waals surface area contributed by atoms with Gasteiger partial charge in [-0.25, -0.2) is 0 Å². The van der Waals surface area contributed by atoms with Gasteiger partial charge in [0.15, 0.2) is 0 Å². The third-order valence-electron chi connectivity index (χ3n) is 0. The average Bonchev–Trinajstić information content (AvgIpc) is 0. The molecule has 0 amide bonds. The summed E-state index contributed by atoms with van der Waals surface area (Å²) in [5, 5.41) is 0. The van der Waals surface area contributed by atoms with E-state index in [9.17, 15) is 0 Å². The third kappa shape index (κ3) is 31.8. The van der Waals surface area contributed by atoms with Crippen LogP contribution >= 0.6 is 49.6 Å². The van der Waals surface area contributed by atoms with Crippen LogP contribution in [0.1, 0.15) is 0 Å². The first-order valence-electron chi connectivity index (χ1n) is 0. The monoisotopic (exact) mass is 243 g/mol. The second kappa shape index (κ2) is 51.5. The van der Waals surface area contributed by atoms with Crippen molar-refractivity contribution < 1.29 is 40.3 Å². The molecule has 1 radical (unpaired) electrons. The summed E-state index contributed by atoms with van der Waals surface area (Å²) in [7, 11) is 0. The number of hydrogen-bond donors (Lipinski definition) is 0. The Labute approximate surface area is 89.0 Å². The summed E-state index contributed by atoms with van der Waals surface area (Å²) in [6.07, 6.45) is 0. The third-order valence-corrected chi connectivity index (χ3v) is 0. The molecule has 0 atom stereocenters. The van der Waals surface area contributed by atoms with Crippen LogP contribution in [0.5, 0.6) is 0 Å². The summed E-state index contributed by atoms with van der Waals surface area (Å²) in [6, 6.07) is 0. The number of halogens is 4. The maximum atomic E-state index is 0. The van der Waals surface area contributed by atoms with Crippen LogP contribution in [0.15, 0.2) is 0 Å². The minimum Gasteiger partial charge on any atom is -0.147 e. The minimum absolute atomic E-state index is 0. The van der Waals surface area contributed by atoms with Gasteiger partial charge in [-0.15, -0.1) is 49.6 Å². The van der Waals surface area contributed by atoms with Gasteiger partial charge in [0.05, 0.1) is 0 Å². The molecule has 0 aromatic rings. The van der Waals surface area contributed by atoms with E-state index < -0.39 is 0 Å². The molecule has 41 valence electrons. The minimum atomic E-state index is 0.